The molecule has 6 heterocycles. The molecule has 0 spiro atoms. The molecule has 0 radical (unpaired) electrons. The lowest BCUT2D eigenvalue weighted by Gasteiger charge is -2.22. The van der Waals surface area contributed by atoms with E-state index in [1.54, 1.807) is 0 Å². The van der Waals surface area contributed by atoms with E-state index in [1.165, 1.54) is 108 Å². The van der Waals surface area contributed by atoms with E-state index in [0.29, 0.717) is 0 Å². The van der Waals surface area contributed by atoms with E-state index in [2.05, 4.69) is 320 Å². The number of hydrogen-bond acceptors (Lipinski definition) is 6. The maximum atomic E-state index is 6.42. The molecule has 21 aromatic rings. The first-order valence-corrected chi connectivity index (χ1v) is 35.2. The van der Waals surface area contributed by atoms with Crippen molar-refractivity contribution in [2.24, 2.45) is 0 Å². The highest BCUT2D eigenvalue weighted by molar-refractivity contribution is 7.26. The molecule has 101 heavy (non-hydrogen) atoms. The van der Waals surface area contributed by atoms with Crippen LogP contribution in [0.3, 0.4) is 0 Å². The standard InChI is InChI=1S/C51H33N3S.C42H25N3O/c1-51(2)43-20-9-7-14-34(43)35-24-22-33(28-44(35)51)32-23-25-45-41(27-32)42-26-30-12-3-4-13-31(30)29-46(42)54(45)50-39-17-6-5-16-37(39)48(52-53-50)40-19-11-18-38-36-15-8-10-21-47(36)55-49(38)40;1-2-11-26(12-3-1)29-21-22-37-35(24-29)36-23-27-13-4-5-14-28(27)25-38(36)45(37)42-33-17-7-6-16-31(33)40(43-44-42)34-19-10-18-32-30-15-8-9-20-39(30)46-41(32)34/h3-29H,1-2H3;1-25H. The first-order valence-electron chi connectivity index (χ1n) is 34.4. The molecule has 0 fully saturated rings. The van der Waals surface area contributed by atoms with Crippen molar-refractivity contribution < 1.29 is 4.42 Å². The van der Waals surface area contributed by atoms with Crippen LogP contribution in [0.15, 0.2) is 320 Å². The van der Waals surface area contributed by atoms with Crippen molar-refractivity contribution in [1.29, 1.82) is 0 Å². The number of aromatic nitrogens is 6. The molecular weight excluding hydrogens is 1250 g/mol. The maximum absolute atomic E-state index is 6.42. The summed E-state index contributed by atoms with van der Waals surface area (Å²) < 4.78 is 13.6. The molecule has 7 nitrogen and oxygen atoms in total. The van der Waals surface area contributed by atoms with Crippen molar-refractivity contribution in [2.45, 2.75) is 19.3 Å². The van der Waals surface area contributed by atoms with E-state index in [-0.39, 0.29) is 5.41 Å². The van der Waals surface area contributed by atoms with Gasteiger partial charge in [0.2, 0.25) is 0 Å². The molecule has 8 heteroatoms. The summed E-state index contributed by atoms with van der Waals surface area (Å²) in [7, 11) is 0. The Kier molecular flexibility index (Phi) is 12.5. The van der Waals surface area contributed by atoms with Crippen molar-refractivity contribution >= 4 is 140 Å². The summed E-state index contributed by atoms with van der Waals surface area (Å²) in [6.45, 7) is 4.70. The third kappa shape index (κ3) is 8.72. The molecule has 1 aliphatic carbocycles. The summed E-state index contributed by atoms with van der Waals surface area (Å²) >= 11 is 1.83. The Morgan fingerprint density at radius 3 is 1.40 bits per heavy atom. The fourth-order valence-electron chi connectivity index (χ4n) is 16.5. The SMILES string of the molecule is CC1(C)c2ccccc2-c2ccc(-c3ccc4c(c3)c3cc5ccccc5cc3n4-c3nnc(-c4cccc5c4sc4ccccc45)c4ccccc34)cc21.c1ccc(-c2ccc3c(c2)c2cc4ccccc4cc2n3-c2nnc(-c3cccc4c3oc3ccccc34)c3ccccc23)cc1. The number of para-hydroxylation sites is 2. The second-order valence-electron chi connectivity index (χ2n) is 27.3. The van der Waals surface area contributed by atoms with Crippen LogP contribution in [0, 0.1) is 0 Å². The lowest BCUT2D eigenvalue weighted by molar-refractivity contribution is 0.660. The molecule has 22 rings (SSSR count). The molecule has 6 aromatic heterocycles. The fraction of sp³-hybridized carbons (Fsp3) is 0.0323. The van der Waals surface area contributed by atoms with E-state index in [4.69, 9.17) is 24.8 Å². The Morgan fingerprint density at radius 2 is 0.743 bits per heavy atom. The Balaban J connectivity index is 0.000000134. The Labute approximate surface area is 583 Å². The Morgan fingerprint density at radius 1 is 0.287 bits per heavy atom. The molecule has 0 saturated carbocycles. The number of rotatable bonds is 6. The van der Waals surface area contributed by atoms with Gasteiger partial charge in [0.25, 0.3) is 0 Å². The molecule has 0 unspecified atom stereocenters. The molecule has 472 valence electrons. The van der Waals surface area contributed by atoms with Crippen LogP contribution in [-0.4, -0.2) is 29.5 Å². The minimum Gasteiger partial charge on any atom is -0.455 e. The minimum atomic E-state index is -0.0602. The summed E-state index contributed by atoms with van der Waals surface area (Å²) in [4.78, 5) is 0. The van der Waals surface area contributed by atoms with Crippen LogP contribution in [0.4, 0.5) is 0 Å². The topological polar surface area (TPSA) is 74.6 Å². The quantitative estimate of drug-likeness (QED) is 0.166. The van der Waals surface area contributed by atoms with E-state index in [1.807, 2.05) is 29.5 Å². The average Bonchev–Trinajstić information content (AvgIpc) is 1.60. The van der Waals surface area contributed by atoms with Crippen LogP contribution in [0.5, 0.6) is 0 Å². The van der Waals surface area contributed by atoms with Crippen LogP contribution < -0.4 is 0 Å². The van der Waals surface area contributed by atoms with Crippen molar-refractivity contribution in [3.8, 4) is 67.5 Å². The first kappa shape index (κ1) is 57.2. The molecule has 1 aliphatic rings. The monoisotopic (exact) mass is 1310 g/mol. The number of hydrogen-bond donors (Lipinski definition) is 0. The second kappa shape index (κ2) is 22.1. The van der Waals surface area contributed by atoms with E-state index in [0.717, 1.165) is 99.7 Å². The zero-order valence-corrected chi connectivity index (χ0v) is 55.8. The van der Waals surface area contributed by atoms with E-state index >= 15 is 0 Å². The predicted molar refractivity (Wildman–Crippen MR) is 422 cm³/mol. The number of benzene rings is 15. The Hall–Kier alpha value is -12.9. The highest BCUT2D eigenvalue weighted by Gasteiger charge is 2.35. The normalized spacial score (nSPS) is 12.7. The predicted octanol–water partition coefficient (Wildman–Crippen LogP) is 25.0. The van der Waals surface area contributed by atoms with Gasteiger partial charge in [0, 0.05) is 90.6 Å². The molecular formula is C93H58N6OS. The number of thiophene rings is 1. The van der Waals surface area contributed by atoms with Crippen LogP contribution in [-0.2, 0) is 5.41 Å². The first-order chi connectivity index (χ1) is 49.8. The van der Waals surface area contributed by atoms with Gasteiger partial charge in [-0.3, -0.25) is 9.13 Å². The number of furan rings is 1. The van der Waals surface area contributed by atoms with Crippen molar-refractivity contribution in [1.82, 2.24) is 29.5 Å². The van der Waals surface area contributed by atoms with Crippen LogP contribution >= 0.6 is 11.3 Å². The third-order valence-electron chi connectivity index (χ3n) is 21.4. The van der Waals surface area contributed by atoms with Crippen molar-refractivity contribution in [2.75, 3.05) is 0 Å². The minimum absolute atomic E-state index is 0.0602. The van der Waals surface area contributed by atoms with Gasteiger partial charge in [-0.15, -0.1) is 31.7 Å². The van der Waals surface area contributed by atoms with Gasteiger partial charge in [-0.1, -0.05) is 257 Å². The van der Waals surface area contributed by atoms with Crippen LogP contribution in [0.1, 0.15) is 25.0 Å². The highest BCUT2D eigenvalue weighted by Crippen LogP contribution is 2.51. The van der Waals surface area contributed by atoms with Gasteiger partial charge < -0.3 is 4.42 Å². The summed E-state index contributed by atoms with van der Waals surface area (Å²) in [5, 5.41) is 38.7. The van der Waals surface area contributed by atoms with Gasteiger partial charge in [-0.2, -0.15) is 0 Å². The van der Waals surface area contributed by atoms with Gasteiger partial charge in [0.1, 0.15) is 22.6 Å². The summed E-state index contributed by atoms with van der Waals surface area (Å²) in [5.74, 6) is 1.64. The molecule has 0 aliphatic heterocycles. The molecule has 0 amide bonds. The zero-order valence-electron chi connectivity index (χ0n) is 55.0. The summed E-state index contributed by atoms with van der Waals surface area (Å²) in [5.41, 5.74) is 20.1. The maximum Gasteiger partial charge on any atom is 0.168 e. The fourth-order valence-corrected chi connectivity index (χ4v) is 17.7. The summed E-state index contributed by atoms with van der Waals surface area (Å²) in [6, 6.07) is 113. The average molecular weight is 1310 g/mol. The molecule has 0 N–H and O–H groups in total. The summed E-state index contributed by atoms with van der Waals surface area (Å²) in [6.07, 6.45) is 0. The Bertz CT molecular complexity index is 7070. The van der Waals surface area contributed by atoms with Crippen LogP contribution in [0.25, 0.3) is 196 Å². The van der Waals surface area contributed by atoms with Gasteiger partial charge in [0.15, 0.2) is 11.6 Å². The molecule has 15 aromatic carbocycles. The van der Waals surface area contributed by atoms with Gasteiger partial charge >= 0.3 is 0 Å². The molecule has 0 saturated heterocycles. The molecule has 0 bridgehead atoms. The number of fused-ring (bicyclic) bond motifs is 19. The second-order valence-corrected chi connectivity index (χ2v) is 28.3. The zero-order chi connectivity index (χ0) is 66.6. The highest BCUT2D eigenvalue weighted by atomic mass is 32.1. The third-order valence-corrected chi connectivity index (χ3v) is 22.6. The molecule has 0 atom stereocenters. The smallest absolute Gasteiger partial charge is 0.168 e. The van der Waals surface area contributed by atoms with E-state index < -0.39 is 0 Å². The lowest BCUT2D eigenvalue weighted by Crippen LogP contribution is -2.14. The largest absolute Gasteiger partial charge is 0.455 e. The van der Waals surface area contributed by atoms with Gasteiger partial charge in [-0.05, 0) is 139 Å². The van der Waals surface area contributed by atoms with Crippen LogP contribution in [0.2, 0.25) is 0 Å². The van der Waals surface area contributed by atoms with Crippen molar-refractivity contribution in [3.63, 3.8) is 0 Å². The van der Waals surface area contributed by atoms with E-state index in [9.17, 15) is 0 Å². The van der Waals surface area contributed by atoms with Gasteiger partial charge in [-0.25, -0.2) is 0 Å². The lowest BCUT2D eigenvalue weighted by atomic mass is 9.81. The number of nitrogens with zero attached hydrogens (tertiary/aromatic N) is 6. The van der Waals surface area contributed by atoms with Gasteiger partial charge in [0.05, 0.1) is 22.1 Å². The van der Waals surface area contributed by atoms with Crippen molar-refractivity contribution in [3.05, 3.63) is 327 Å².